The predicted octanol–water partition coefficient (Wildman–Crippen LogP) is 5.04. The molecule has 1 atom stereocenters. The standard InChI is InChI=1S/C15H32O/c1-8-12-16-13(14(3,4)5)10-11-15(6,7)9-2/h13H,8-12H2,1-7H3. The highest BCUT2D eigenvalue weighted by Crippen LogP contribution is 2.32. The first-order chi connectivity index (χ1) is 7.23. The zero-order chi connectivity index (χ0) is 12.8. The lowest BCUT2D eigenvalue weighted by molar-refractivity contribution is -0.0288. The third-order valence-electron chi connectivity index (χ3n) is 3.53. The van der Waals surface area contributed by atoms with Gasteiger partial charge in [-0.3, -0.25) is 0 Å². The lowest BCUT2D eigenvalue weighted by atomic mass is 9.79. The van der Waals surface area contributed by atoms with E-state index in [0.29, 0.717) is 11.5 Å². The smallest absolute Gasteiger partial charge is 0.0623 e. The molecule has 0 aromatic rings. The molecule has 0 fully saturated rings. The Balaban J connectivity index is 4.22. The third kappa shape index (κ3) is 6.52. The van der Waals surface area contributed by atoms with Gasteiger partial charge in [0.25, 0.3) is 0 Å². The van der Waals surface area contributed by atoms with Crippen molar-refractivity contribution in [2.75, 3.05) is 6.61 Å². The third-order valence-corrected chi connectivity index (χ3v) is 3.53. The van der Waals surface area contributed by atoms with Crippen LogP contribution in [0.15, 0.2) is 0 Å². The van der Waals surface area contributed by atoms with Crippen molar-refractivity contribution in [3.8, 4) is 0 Å². The largest absolute Gasteiger partial charge is 0.378 e. The Bertz CT molecular complexity index is 176. The van der Waals surface area contributed by atoms with Gasteiger partial charge in [0.05, 0.1) is 6.10 Å². The molecule has 0 aliphatic heterocycles. The van der Waals surface area contributed by atoms with Gasteiger partial charge in [0.1, 0.15) is 0 Å². The van der Waals surface area contributed by atoms with Crippen LogP contribution in [0.5, 0.6) is 0 Å². The minimum Gasteiger partial charge on any atom is -0.378 e. The van der Waals surface area contributed by atoms with Crippen molar-refractivity contribution in [1.82, 2.24) is 0 Å². The van der Waals surface area contributed by atoms with Gasteiger partial charge in [-0.15, -0.1) is 0 Å². The van der Waals surface area contributed by atoms with Crippen LogP contribution in [0.2, 0.25) is 0 Å². The number of hydrogen-bond acceptors (Lipinski definition) is 1. The van der Waals surface area contributed by atoms with E-state index in [0.717, 1.165) is 13.0 Å². The van der Waals surface area contributed by atoms with Crippen LogP contribution in [0.1, 0.15) is 74.1 Å². The van der Waals surface area contributed by atoms with Crippen LogP contribution >= 0.6 is 0 Å². The molecule has 0 spiro atoms. The second-order valence-electron chi connectivity index (χ2n) is 6.78. The molecule has 0 radical (unpaired) electrons. The fraction of sp³-hybridized carbons (Fsp3) is 1.00. The Kier molecular flexibility index (Phi) is 6.62. The van der Waals surface area contributed by atoms with Gasteiger partial charge >= 0.3 is 0 Å². The fourth-order valence-corrected chi connectivity index (χ4v) is 1.73. The Morgan fingerprint density at radius 3 is 1.94 bits per heavy atom. The molecule has 0 aliphatic rings. The van der Waals surface area contributed by atoms with E-state index in [2.05, 4.69) is 48.5 Å². The number of rotatable bonds is 7. The molecule has 16 heavy (non-hydrogen) atoms. The average Bonchev–Trinajstić information content (AvgIpc) is 2.16. The summed E-state index contributed by atoms with van der Waals surface area (Å²) in [6, 6.07) is 0. The lowest BCUT2D eigenvalue weighted by Crippen LogP contribution is -2.31. The normalized spacial score (nSPS) is 15.2. The van der Waals surface area contributed by atoms with Gasteiger partial charge in [-0.1, -0.05) is 54.9 Å². The van der Waals surface area contributed by atoms with Crippen molar-refractivity contribution in [2.45, 2.75) is 80.3 Å². The second-order valence-corrected chi connectivity index (χ2v) is 6.78. The van der Waals surface area contributed by atoms with Crippen LogP contribution in [-0.2, 0) is 4.74 Å². The van der Waals surface area contributed by atoms with Crippen molar-refractivity contribution in [1.29, 1.82) is 0 Å². The summed E-state index contributed by atoms with van der Waals surface area (Å²) in [5.41, 5.74) is 0.720. The van der Waals surface area contributed by atoms with Gasteiger partial charge in [0.15, 0.2) is 0 Å². The lowest BCUT2D eigenvalue weighted by Gasteiger charge is -2.33. The van der Waals surface area contributed by atoms with Crippen molar-refractivity contribution in [2.24, 2.45) is 10.8 Å². The van der Waals surface area contributed by atoms with E-state index < -0.39 is 0 Å². The summed E-state index contributed by atoms with van der Waals surface area (Å²) in [7, 11) is 0. The summed E-state index contributed by atoms with van der Waals surface area (Å²) in [6.45, 7) is 16.9. The molecule has 0 aliphatic carbocycles. The van der Waals surface area contributed by atoms with Gasteiger partial charge in [-0.2, -0.15) is 0 Å². The van der Waals surface area contributed by atoms with E-state index in [1.807, 2.05) is 0 Å². The summed E-state index contributed by atoms with van der Waals surface area (Å²) in [4.78, 5) is 0. The molecular formula is C15H32O. The number of ether oxygens (including phenoxy) is 1. The highest BCUT2D eigenvalue weighted by molar-refractivity contribution is 4.78. The average molecular weight is 228 g/mol. The monoisotopic (exact) mass is 228 g/mol. The quantitative estimate of drug-likeness (QED) is 0.593. The molecule has 0 saturated carbocycles. The molecule has 1 heteroatoms. The maximum atomic E-state index is 6.00. The van der Waals surface area contributed by atoms with E-state index in [1.54, 1.807) is 0 Å². The molecule has 0 N–H and O–H groups in total. The Morgan fingerprint density at radius 1 is 1.00 bits per heavy atom. The summed E-state index contributed by atoms with van der Waals surface area (Å²) in [6.07, 6.45) is 5.21. The molecule has 98 valence electrons. The van der Waals surface area contributed by atoms with Gasteiger partial charge in [-0.25, -0.2) is 0 Å². The van der Waals surface area contributed by atoms with Crippen LogP contribution in [-0.4, -0.2) is 12.7 Å². The van der Waals surface area contributed by atoms with Crippen molar-refractivity contribution in [3.05, 3.63) is 0 Å². The van der Waals surface area contributed by atoms with E-state index in [4.69, 9.17) is 4.74 Å². The molecule has 1 unspecified atom stereocenters. The summed E-state index contributed by atoms with van der Waals surface area (Å²) in [5, 5.41) is 0. The van der Waals surface area contributed by atoms with Crippen LogP contribution in [0, 0.1) is 10.8 Å². The minimum absolute atomic E-state index is 0.263. The van der Waals surface area contributed by atoms with Gasteiger partial charge in [0, 0.05) is 6.61 Å². The topological polar surface area (TPSA) is 9.23 Å². The summed E-state index contributed by atoms with van der Waals surface area (Å²) < 4.78 is 6.00. The van der Waals surface area contributed by atoms with E-state index in [9.17, 15) is 0 Å². The van der Waals surface area contributed by atoms with Crippen molar-refractivity contribution >= 4 is 0 Å². The van der Waals surface area contributed by atoms with Crippen LogP contribution in [0.3, 0.4) is 0 Å². The first-order valence-corrected chi connectivity index (χ1v) is 6.84. The SMILES string of the molecule is CCCOC(CCC(C)(C)CC)C(C)(C)C. The zero-order valence-corrected chi connectivity index (χ0v) is 12.5. The molecule has 0 heterocycles. The highest BCUT2D eigenvalue weighted by Gasteiger charge is 2.27. The first kappa shape index (κ1) is 16.0. The van der Waals surface area contributed by atoms with E-state index in [-0.39, 0.29) is 5.41 Å². The molecule has 0 aromatic carbocycles. The first-order valence-electron chi connectivity index (χ1n) is 6.84. The molecule has 0 bridgehead atoms. The zero-order valence-electron chi connectivity index (χ0n) is 12.5. The van der Waals surface area contributed by atoms with Gasteiger partial charge < -0.3 is 4.74 Å². The van der Waals surface area contributed by atoms with Gasteiger partial charge in [-0.05, 0) is 30.1 Å². The number of hydrogen-bond donors (Lipinski definition) is 0. The van der Waals surface area contributed by atoms with E-state index >= 15 is 0 Å². The predicted molar refractivity (Wildman–Crippen MR) is 72.8 cm³/mol. The second kappa shape index (κ2) is 6.64. The van der Waals surface area contributed by atoms with Crippen molar-refractivity contribution in [3.63, 3.8) is 0 Å². The van der Waals surface area contributed by atoms with E-state index in [1.165, 1.54) is 19.3 Å². The Hall–Kier alpha value is -0.0400. The molecular weight excluding hydrogens is 196 g/mol. The highest BCUT2D eigenvalue weighted by atomic mass is 16.5. The van der Waals surface area contributed by atoms with Crippen LogP contribution < -0.4 is 0 Å². The Morgan fingerprint density at radius 2 is 1.56 bits per heavy atom. The fourth-order valence-electron chi connectivity index (χ4n) is 1.73. The molecule has 0 aromatic heterocycles. The maximum Gasteiger partial charge on any atom is 0.0623 e. The Labute approximate surface area is 103 Å². The minimum atomic E-state index is 0.263. The maximum absolute atomic E-state index is 6.00. The van der Waals surface area contributed by atoms with Gasteiger partial charge in [0.2, 0.25) is 0 Å². The molecule has 0 amide bonds. The van der Waals surface area contributed by atoms with Crippen molar-refractivity contribution < 1.29 is 4.74 Å². The van der Waals surface area contributed by atoms with Crippen LogP contribution in [0.4, 0.5) is 0 Å². The summed E-state index contributed by atoms with van der Waals surface area (Å²) >= 11 is 0. The molecule has 1 nitrogen and oxygen atoms in total. The molecule has 0 saturated heterocycles. The summed E-state index contributed by atoms with van der Waals surface area (Å²) in [5.74, 6) is 0. The van der Waals surface area contributed by atoms with Crippen LogP contribution in [0.25, 0.3) is 0 Å². The molecule has 0 rings (SSSR count).